The van der Waals surface area contributed by atoms with Gasteiger partial charge in [0.25, 0.3) is 5.91 Å². The Morgan fingerprint density at radius 3 is 2.18 bits per heavy atom. The highest BCUT2D eigenvalue weighted by Gasteiger charge is 2.42. The summed E-state index contributed by atoms with van der Waals surface area (Å²) >= 11 is 0. The molecule has 0 bridgehead atoms. The van der Waals surface area contributed by atoms with Gasteiger partial charge in [0, 0.05) is 16.8 Å². The Balaban J connectivity index is 1.72. The molecule has 5 heteroatoms. The van der Waals surface area contributed by atoms with Crippen LogP contribution in [0.1, 0.15) is 27.7 Å². The number of para-hydroxylation sites is 1. The highest BCUT2D eigenvalue weighted by Crippen LogP contribution is 2.44. The molecule has 4 aromatic rings. The number of rotatable bonds is 3. The van der Waals surface area contributed by atoms with Crippen molar-refractivity contribution >= 4 is 11.6 Å². The average Bonchev–Trinajstić information content (AvgIpc) is 3.29. The summed E-state index contributed by atoms with van der Waals surface area (Å²) in [5, 5.41) is 7.31. The third kappa shape index (κ3) is 2.52. The number of nitrogens with one attached hydrogen (secondary N) is 1. The predicted octanol–water partition coefficient (Wildman–Crippen LogP) is 4.97. The number of anilines is 1. The van der Waals surface area contributed by atoms with Crippen molar-refractivity contribution < 1.29 is 9.18 Å². The monoisotopic (exact) mass is 369 g/mol. The van der Waals surface area contributed by atoms with Crippen LogP contribution in [0.3, 0.4) is 0 Å². The molecule has 5 rings (SSSR count). The minimum atomic E-state index is -0.315. The van der Waals surface area contributed by atoms with Gasteiger partial charge >= 0.3 is 0 Å². The van der Waals surface area contributed by atoms with Gasteiger partial charge in [0.05, 0.1) is 11.7 Å². The second-order valence-corrected chi connectivity index (χ2v) is 6.69. The van der Waals surface area contributed by atoms with E-state index in [1.54, 1.807) is 17.0 Å². The molecule has 1 aliphatic rings. The lowest BCUT2D eigenvalue weighted by atomic mass is 9.96. The predicted molar refractivity (Wildman–Crippen MR) is 106 cm³/mol. The van der Waals surface area contributed by atoms with Crippen LogP contribution in [-0.4, -0.2) is 16.1 Å². The van der Waals surface area contributed by atoms with E-state index in [4.69, 9.17) is 0 Å². The van der Waals surface area contributed by atoms with E-state index in [0.29, 0.717) is 11.4 Å². The van der Waals surface area contributed by atoms with Crippen LogP contribution in [0, 0.1) is 5.82 Å². The van der Waals surface area contributed by atoms with Gasteiger partial charge < -0.3 is 0 Å². The summed E-state index contributed by atoms with van der Waals surface area (Å²) in [6.45, 7) is 0. The molecule has 28 heavy (non-hydrogen) atoms. The number of benzene rings is 3. The second kappa shape index (κ2) is 6.46. The second-order valence-electron chi connectivity index (χ2n) is 6.69. The molecule has 0 aliphatic carbocycles. The van der Waals surface area contributed by atoms with Gasteiger partial charge in [-0.05, 0) is 42.0 Å². The number of hydrogen-bond acceptors (Lipinski definition) is 2. The Morgan fingerprint density at radius 2 is 1.50 bits per heavy atom. The van der Waals surface area contributed by atoms with Crippen LogP contribution in [0.4, 0.5) is 10.1 Å². The maximum absolute atomic E-state index is 13.4. The van der Waals surface area contributed by atoms with Crippen LogP contribution in [-0.2, 0) is 0 Å². The SMILES string of the molecule is O=C1c2[nH]nc(-c3ccc(F)cc3)c2C(c2ccccc2)N1c1ccccc1. The molecule has 0 saturated carbocycles. The van der Waals surface area contributed by atoms with Crippen LogP contribution in [0.2, 0.25) is 0 Å². The van der Waals surface area contributed by atoms with Crippen molar-refractivity contribution in [2.45, 2.75) is 6.04 Å². The third-order valence-corrected chi connectivity index (χ3v) is 5.04. The molecular formula is C23H16FN3O. The van der Waals surface area contributed by atoms with Crippen molar-refractivity contribution in [3.8, 4) is 11.3 Å². The molecule has 3 aromatic carbocycles. The summed E-state index contributed by atoms with van der Waals surface area (Å²) < 4.78 is 13.4. The smallest absolute Gasteiger partial charge is 0.277 e. The molecule has 1 unspecified atom stereocenters. The van der Waals surface area contributed by atoms with Gasteiger partial charge in [0.1, 0.15) is 11.5 Å². The number of H-pyrrole nitrogens is 1. The molecule has 1 aromatic heterocycles. The van der Waals surface area contributed by atoms with Crippen LogP contribution >= 0.6 is 0 Å². The molecule has 1 atom stereocenters. The standard InChI is InChI=1S/C23H16FN3O/c24-17-13-11-15(12-14-17)20-19-21(26-25-20)23(28)27(18-9-5-2-6-10-18)22(19)16-7-3-1-4-8-16/h1-14,22H,(H,25,26). The summed E-state index contributed by atoms with van der Waals surface area (Å²) in [7, 11) is 0. The molecule has 4 nitrogen and oxygen atoms in total. The average molecular weight is 369 g/mol. The van der Waals surface area contributed by atoms with Crippen molar-refractivity contribution in [1.82, 2.24) is 10.2 Å². The number of aromatic amines is 1. The number of carbonyl (C=O) groups excluding carboxylic acids is 1. The Bertz CT molecular complexity index is 1140. The number of fused-ring (bicyclic) bond motifs is 1. The fourth-order valence-electron chi connectivity index (χ4n) is 3.78. The Kier molecular flexibility index (Phi) is 3.79. The fraction of sp³-hybridized carbons (Fsp3) is 0.0435. The topological polar surface area (TPSA) is 49.0 Å². The van der Waals surface area contributed by atoms with Gasteiger partial charge in [0.2, 0.25) is 0 Å². The van der Waals surface area contributed by atoms with E-state index in [0.717, 1.165) is 22.4 Å². The first kappa shape index (κ1) is 16.4. The van der Waals surface area contributed by atoms with Crippen molar-refractivity contribution in [2.24, 2.45) is 0 Å². The highest BCUT2D eigenvalue weighted by atomic mass is 19.1. The van der Waals surface area contributed by atoms with Gasteiger partial charge in [0.15, 0.2) is 0 Å². The lowest BCUT2D eigenvalue weighted by Crippen LogP contribution is -2.29. The zero-order valence-electron chi connectivity index (χ0n) is 14.8. The minimum absolute atomic E-state index is 0.129. The zero-order chi connectivity index (χ0) is 19.1. The molecule has 0 spiro atoms. The summed E-state index contributed by atoms with van der Waals surface area (Å²) in [5.41, 5.74) is 4.51. The molecule has 1 aliphatic heterocycles. The maximum atomic E-state index is 13.4. The minimum Gasteiger partial charge on any atom is -0.295 e. The lowest BCUT2D eigenvalue weighted by Gasteiger charge is -2.26. The Morgan fingerprint density at radius 1 is 0.857 bits per heavy atom. The largest absolute Gasteiger partial charge is 0.295 e. The molecule has 0 radical (unpaired) electrons. The summed E-state index contributed by atoms with van der Waals surface area (Å²) in [5.74, 6) is -0.437. The maximum Gasteiger partial charge on any atom is 0.277 e. The van der Waals surface area contributed by atoms with Crippen molar-refractivity contribution in [3.05, 3.63) is 108 Å². The van der Waals surface area contributed by atoms with E-state index < -0.39 is 0 Å². The Labute approximate surface area is 161 Å². The number of nitrogens with zero attached hydrogens (tertiary/aromatic N) is 2. The molecular weight excluding hydrogens is 353 g/mol. The quantitative estimate of drug-likeness (QED) is 0.554. The van der Waals surface area contributed by atoms with Gasteiger partial charge in [-0.1, -0.05) is 48.5 Å². The van der Waals surface area contributed by atoms with Gasteiger partial charge in [-0.2, -0.15) is 5.10 Å². The summed E-state index contributed by atoms with van der Waals surface area (Å²) in [4.78, 5) is 15.1. The van der Waals surface area contributed by atoms with Gasteiger partial charge in [-0.15, -0.1) is 0 Å². The number of carbonyl (C=O) groups is 1. The lowest BCUT2D eigenvalue weighted by molar-refractivity contribution is 0.0989. The molecule has 0 fully saturated rings. The van der Waals surface area contributed by atoms with Crippen LogP contribution in [0.5, 0.6) is 0 Å². The first-order valence-corrected chi connectivity index (χ1v) is 9.02. The van der Waals surface area contributed by atoms with Crippen LogP contribution in [0.15, 0.2) is 84.9 Å². The fourth-order valence-corrected chi connectivity index (χ4v) is 3.78. The van der Waals surface area contributed by atoms with E-state index in [9.17, 15) is 9.18 Å². The molecule has 2 heterocycles. The van der Waals surface area contributed by atoms with E-state index in [1.807, 2.05) is 60.7 Å². The zero-order valence-corrected chi connectivity index (χ0v) is 14.8. The summed E-state index contributed by atoms with van der Waals surface area (Å²) in [6, 6.07) is 25.3. The first-order valence-electron chi connectivity index (χ1n) is 9.02. The van der Waals surface area contributed by atoms with Gasteiger partial charge in [-0.3, -0.25) is 14.8 Å². The highest BCUT2D eigenvalue weighted by molar-refractivity contribution is 6.11. The normalized spacial score (nSPS) is 15.7. The van der Waals surface area contributed by atoms with Crippen molar-refractivity contribution in [2.75, 3.05) is 4.90 Å². The first-order chi connectivity index (χ1) is 13.7. The number of aromatic nitrogens is 2. The number of hydrogen-bond donors (Lipinski definition) is 1. The third-order valence-electron chi connectivity index (χ3n) is 5.04. The van der Waals surface area contributed by atoms with E-state index in [-0.39, 0.29) is 17.8 Å². The number of amides is 1. The number of halogens is 1. The van der Waals surface area contributed by atoms with Crippen LogP contribution < -0.4 is 4.90 Å². The molecule has 0 saturated heterocycles. The Hall–Kier alpha value is -3.73. The molecule has 136 valence electrons. The molecule has 1 N–H and O–H groups in total. The van der Waals surface area contributed by atoms with E-state index >= 15 is 0 Å². The van der Waals surface area contributed by atoms with Crippen LogP contribution in [0.25, 0.3) is 11.3 Å². The van der Waals surface area contributed by atoms with Gasteiger partial charge in [-0.25, -0.2) is 4.39 Å². The van der Waals surface area contributed by atoms with Crippen molar-refractivity contribution in [1.29, 1.82) is 0 Å². The summed E-state index contributed by atoms with van der Waals surface area (Å²) in [6.07, 6.45) is 0. The van der Waals surface area contributed by atoms with E-state index in [2.05, 4.69) is 10.2 Å². The van der Waals surface area contributed by atoms with E-state index in [1.165, 1.54) is 12.1 Å². The van der Waals surface area contributed by atoms with Crippen molar-refractivity contribution in [3.63, 3.8) is 0 Å². The molecule has 1 amide bonds.